The number of hydrogen-bond donors (Lipinski definition) is 2. The maximum absolute atomic E-state index is 12.1. The van der Waals surface area contributed by atoms with E-state index in [2.05, 4.69) is 48.2 Å². The molecule has 5 heteroatoms. The molecule has 2 aliphatic rings. The summed E-state index contributed by atoms with van der Waals surface area (Å²) < 4.78 is 0. The van der Waals surface area contributed by atoms with Crippen molar-refractivity contribution in [2.24, 2.45) is 10.4 Å². The van der Waals surface area contributed by atoms with E-state index in [1.54, 1.807) is 7.05 Å². The van der Waals surface area contributed by atoms with Crippen molar-refractivity contribution in [2.75, 3.05) is 20.1 Å². The van der Waals surface area contributed by atoms with Crippen molar-refractivity contribution in [3.8, 4) is 0 Å². The van der Waals surface area contributed by atoms with E-state index in [-0.39, 0.29) is 16.9 Å². The molecular weight excluding hydrogens is 276 g/mol. The van der Waals surface area contributed by atoms with Crippen molar-refractivity contribution in [1.82, 2.24) is 15.5 Å². The fourth-order valence-corrected chi connectivity index (χ4v) is 3.38. The number of aliphatic imine (C=N–C) groups is 1. The molecule has 2 N–H and O–H groups in total. The Bertz CT molecular complexity index is 436. The van der Waals surface area contributed by atoms with E-state index in [1.165, 1.54) is 19.3 Å². The lowest BCUT2D eigenvalue weighted by Gasteiger charge is -2.62. The molecule has 1 aliphatic heterocycles. The van der Waals surface area contributed by atoms with E-state index in [0.717, 1.165) is 25.3 Å². The van der Waals surface area contributed by atoms with Crippen LogP contribution in [-0.4, -0.2) is 48.5 Å². The molecule has 0 radical (unpaired) electrons. The maximum atomic E-state index is 12.1. The second kappa shape index (κ2) is 6.47. The maximum Gasteiger partial charge on any atom is 0.239 e. The van der Waals surface area contributed by atoms with Crippen LogP contribution in [-0.2, 0) is 4.79 Å². The van der Waals surface area contributed by atoms with Gasteiger partial charge in [0.1, 0.15) is 0 Å². The molecule has 0 spiro atoms. The number of nitrogens with zero attached hydrogens (tertiary/aromatic N) is 2. The smallest absolute Gasteiger partial charge is 0.239 e. The zero-order chi connectivity index (χ0) is 16.4. The molecule has 0 bridgehead atoms. The van der Waals surface area contributed by atoms with Gasteiger partial charge in [-0.15, -0.1) is 0 Å². The highest BCUT2D eigenvalue weighted by Crippen LogP contribution is 2.46. The molecule has 0 aromatic carbocycles. The average molecular weight is 308 g/mol. The van der Waals surface area contributed by atoms with Crippen LogP contribution in [0.1, 0.15) is 59.8 Å². The SMILES string of the molecule is CN=C(NCC(=O)NC1CCCCC1)N1CC(C)(C)C1(C)C. The van der Waals surface area contributed by atoms with Gasteiger partial charge in [-0.1, -0.05) is 33.1 Å². The molecule has 0 aromatic heterocycles. The molecule has 1 saturated heterocycles. The number of carbonyl (C=O) groups is 1. The van der Waals surface area contributed by atoms with E-state index in [4.69, 9.17) is 0 Å². The number of nitrogens with one attached hydrogen (secondary N) is 2. The molecular formula is C17H32N4O. The molecule has 1 heterocycles. The van der Waals surface area contributed by atoms with Crippen LogP contribution < -0.4 is 10.6 Å². The lowest BCUT2D eigenvalue weighted by Crippen LogP contribution is -2.72. The topological polar surface area (TPSA) is 56.7 Å². The Morgan fingerprint density at radius 1 is 1.18 bits per heavy atom. The summed E-state index contributed by atoms with van der Waals surface area (Å²) in [6.07, 6.45) is 6.01. The van der Waals surface area contributed by atoms with Crippen molar-refractivity contribution >= 4 is 11.9 Å². The van der Waals surface area contributed by atoms with Gasteiger partial charge < -0.3 is 15.5 Å². The summed E-state index contributed by atoms with van der Waals surface area (Å²) in [5.74, 6) is 0.897. The molecule has 2 fully saturated rings. The predicted octanol–water partition coefficient (Wildman–Crippen LogP) is 2.13. The van der Waals surface area contributed by atoms with E-state index in [0.29, 0.717) is 12.6 Å². The minimum absolute atomic E-state index is 0.0503. The third-order valence-electron chi connectivity index (χ3n) is 5.73. The van der Waals surface area contributed by atoms with Gasteiger partial charge in [-0.2, -0.15) is 0 Å². The van der Waals surface area contributed by atoms with Gasteiger partial charge in [0.25, 0.3) is 0 Å². The number of likely N-dealkylation sites (tertiary alicyclic amines) is 1. The Labute approximate surface area is 134 Å². The summed E-state index contributed by atoms with van der Waals surface area (Å²) in [7, 11) is 1.78. The lowest BCUT2D eigenvalue weighted by molar-refractivity contribution is -0.121. The van der Waals surface area contributed by atoms with Crippen LogP contribution in [0, 0.1) is 5.41 Å². The van der Waals surface area contributed by atoms with Gasteiger partial charge >= 0.3 is 0 Å². The summed E-state index contributed by atoms with van der Waals surface area (Å²) in [5, 5.41) is 6.35. The van der Waals surface area contributed by atoms with Crippen molar-refractivity contribution < 1.29 is 4.79 Å². The van der Waals surface area contributed by atoms with Crippen LogP contribution in [0.25, 0.3) is 0 Å². The first-order valence-corrected chi connectivity index (χ1v) is 8.55. The highest BCUT2D eigenvalue weighted by molar-refractivity contribution is 5.87. The quantitative estimate of drug-likeness (QED) is 0.620. The number of guanidine groups is 1. The Morgan fingerprint density at radius 3 is 2.32 bits per heavy atom. The van der Waals surface area contributed by atoms with Gasteiger partial charge in [-0.05, 0) is 26.7 Å². The van der Waals surface area contributed by atoms with Crippen LogP contribution in [0.5, 0.6) is 0 Å². The second-order valence-corrected chi connectivity index (χ2v) is 7.83. The minimum Gasteiger partial charge on any atom is -0.352 e. The van der Waals surface area contributed by atoms with Crippen molar-refractivity contribution in [1.29, 1.82) is 0 Å². The highest BCUT2D eigenvalue weighted by Gasteiger charge is 2.53. The minimum atomic E-state index is 0.0503. The van der Waals surface area contributed by atoms with Gasteiger partial charge in [-0.25, -0.2) is 0 Å². The van der Waals surface area contributed by atoms with E-state index in [1.807, 2.05) is 0 Å². The molecule has 126 valence electrons. The van der Waals surface area contributed by atoms with Gasteiger partial charge in [0, 0.05) is 30.6 Å². The van der Waals surface area contributed by atoms with E-state index < -0.39 is 0 Å². The first kappa shape index (κ1) is 17.1. The number of amides is 1. The van der Waals surface area contributed by atoms with E-state index in [9.17, 15) is 4.79 Å². The molecule has 5 nitrogen and oxygen atoms in total. The number of hydrogen-bond acceptors (Lipinski definition) is 2. The third-order valence-corrected chi connectivity index (χ3v) is 5.73. The highest BCUT2D eigenvalue weighted by atomic mass is 16.2. The van der Waals surface area contributed by atoms with Gasteiger partial charge in [0.2, 0.25) is 5.91 Å². The fraction of sp³-hybridized carbons (Fsp3) is 0.882. The van der Waals surface area contributed by atoms with Crippen LogP contribution in [0.15, 0.2) is 4.99 Å². The monoisotopic (exact) mass is 308 g/mol. The molecule has 0 aromatic rings. The second-order valence-electron chi connectivity index (χ2n) is 7.83. The molecule has 1 saturated carbocycles. The zero-order valence-corrected chi connectivity index (χ0v) is 14.8. The van der Waals surface area contributed by atoms with Crippen molar-refractivity contribution in [3.63, 3.8) is 0 Å². The summed E-state index contributed by atoms with van der Waals surface area (Å²) >= 11 is 0. The third kappa shape index (κ3) is 3.39. The summed E-state index contributed by atoms with van der Waals surface area (Å²) in [6.45, 7) is 10.3. The normalized spacial score (nSPS) is 24.6. The predicted molar refractivity (Wildman–Crippen MR) is 90.9 cm³/mol. The fourth-order valence-electron chi connectivity index (χ4n) is 3.38. The number of carbonyl (C=O) groups excluding carboxylic acids is 1. The molecule has 0 unspecified atom stereocenters. The summed E-state index contributed by atoms with van der Waals surface area (Å²) in [5.41, 5.74) is 0.309. The summed E-state index contributed by atoms with van der Waals surface area (Å²) in [4.78, 5) is 18.7. The Hall–Kier alpha value is -1.26. The van der Waals surface area contributed by atoms with Crippen LogP contribution in [0.4, 0.5) is 0 Å². The Morgan fingerprint density at radius 2 is 1.82 bits per heavy atom. The van der Waals surface area contributed by atoms with Gasteiger partial charge in [0.15, 0.2) is 5.96 Å². The largest absolute Gasteiger partial charge is 0.352 e. The molecule has 0 atom stereocenters. The Kier molecular flexibility index (Phi) is 5.03. The van der Waals surface area contributed by atoms with Crippen molar-refractivity contribution in [2.45, 2.75) is 71.4 Å². The van der Waals surface area contributed by atoms with Crippen LogP contribution in [0.3, 0.4) is 0 Å². The van der Waals surface area contributed by atoms with E-state index >= 15 is 0 Å². The Balaban J connectivity index is 1.81. The summed E-state index contributed by atoms with van der Waals surface area (Å²) in [6, 6.07) is 0.365. The molecule has 1 amide bonds. The van der Waals surface area contributed by atoms with Crippen LogP contribution >= 0.6 is 0 Å². The molecule has 22 heavy (non-hydrogen) atoms. The first-order valence-electron chi connectivity index (χ1n) is 8.55. The van der Waals surface area contributed by atoms with Crippen LogP contribution in [0.2, 0.25) is 0 Å². The van der Waals surface area contributed by atoms with Gasteiger partial charge in [-0.3, -0.25) is 9.79 Å². The number of rotatable bonds is 3. The first-order chi connectivity index (χ1) is 10.3. The lowest BCUT2D eigenvalue weighted by atomic mass is 9.65. The average Bonchev–Trinajstić information content (AvgIpc) is 2.47. The molecule has 2 rings (SSSR count). The van der Waals surface area contributed by atoms with Crippen molar-refractivity contribution in [3.05, 3.63) is 0 Å². The molecule has 1 aliphatic carbocycles. The standard InChI is InChI=1S/C17H32N4O/c1-16(2)12-21(17(16,3)4)15(18-5)19-11-14(22)20-13-9-7-6-8-10-13/h13H,6-12H2,1-5H3,(H,18,19)(H,20,22). The zero-order valence-electron chi connectivity index (χ0n) is 14.8. The van der Waals surface area contributed by atoms with Gasteiger partial charge in [0.05, 0.1) is 6.54 Å².